The van der Waals surface area contributed by atoms with E-state index in [4.69, 9.17) is 16.0 Å². The maximum atomic E-state index is 13.1. The quantitative estimate of drug-likeness (QED) is 0.444. The lowest BCUT2D eigenvalue weighted by atomic mass is 9.85. The summed E-state index contributed by atoms with van der Waals surface area (Å²) in [6, 6.07) is 2.21. The standard InChI is InChI=1S/C24H23N11O/c25-7-18-27-8-14(9-28-18)17-10-31-35-21(26)19(12-1-2-12)20(32-23(17)35)13-5-15-3-4-16(6-13)34(15)24(36)22-29-11-30-33-22/h8-13,15-16H,1-6,26H2,(H,29,30,33)/t13-,15-,16+. The summed E-state index contributed by atoms with van der Waals surface area (Å²) in [6.07, 6.45) is 12.2. The van der Waals surface area contributed by atoms with Crippen LogP contribution in [-0.2, 0) is 0 Å². The number of fused-ring (bicyclic) bond motifs is 3. The van der Waals surface area contributed by atoms with Gasteiger partial charge in [-0.05, 0) is 44.4 Å². The lowest BCUT2D eigenvalue weighted by Gasteiger charge is -2.39. The third-order valence-corrected chi connectivity index (χ3v) is 7.77. The fourth-order valence-corrected chi connectivity index (χ4v) is 6.04. The van der Waals surface area contributed by atoms with Crippen LogP contribution in [0.2, 0.25) is 0 Å². The number of nitrogens with two attached hydrogens (primary N) is 1. The Morgan fingerprint density at radius 3 is 2.47 bits per heavy atom. The van der Waals surface area contributed by atoms with Gasteiger partial charge in [-0.25, -0.2) is 15.0 Å². The molecule has 1 amide bonds. The van der Waals surface area contributed by atoms with Crippen molar-refractivity contribution in [3.8, 4) is 17.2 Å². The average Bonchev–Trinajstić information content (AvgIpc) is 3.30. The van der Waals surface area contributed by atoms with E-state index in [1.165, 1.54) is 6.33 Å². The van der Waals surface area contributed by atoms with E-state index in [9.17, 15) is 4.79 Å². The molecule has 180 valence electrons. The Kier molecular flexibility index (Phi) is 4.54. The maximum absolute atomic E-state index is 13.1. The number of H-pyrrole nitrogens is 1. The molecule has 12 nitrogen and oxygen atoms in total. The Bertz CT molecular complexity index is 1500. The molecule has 3 atom stereocenters. The summed E-state index contributed by atoms with van der Waals surface area (Å²) in [5, 5.41) is 21.3. The third kappa shape index (κ3) is 3.16. The van der Waals surface area contributed by atoms with Gasteiger partial charge in [-0.2, -0.15) is 14.9 Å². The first-order chi connectivity index (χ1) is 17.6. The molecule has 3 N–H and O–H groups in total. The third-order valence-electron chi connectivity index (χ3n) is 7.77. The minimum Gasteiger partial charge on any atom is -0.383 e. The summed E-state index contributed by atoms with van der Waals surface area (Å²) in [7, 11) is 0. The van der Waals surface area contributed by atoms with Crippen molar-refractivity contribution in [3.63, 3.8) is 0 Å². The topological polar surface area (TPSA) is 168 Å². The summed E-state index contributed by atoms with van der Waals surface area (Å²) in [5.41, 5.74) is 11.0. The van der Waals surface area contributed by atoms with Crippen molar-refractivity contribution < 1.29 is 4.79 Å². The van der Waals surface area contributed by atoms with Gasteiger partial charge in [-0.15, -0.1) is 10.2 Å². The number of hydrogen-bond acceptors (Lipinski definition) is 9. The number of carbonyl (C=O) groups is 1. The Morgan fingerprint density at radius 1 is 1.08 bits per heavy atom. The molecule has 6 heterocycles. The Balaban J connectivity index is 1.28. The minimum absolute atomic E-state index is 0.0808. The normalized spacial score (nSPS) is 23.2. The number of carbonyl (C=O) groups excluding carboxylic acids is 1. The molecule has 12 heteroatoms. The van der Waals surface area contributed by atoms with E-state index in [1.807, 2.05) is 11.0 Å². The fourth-order valence-electron chi connectivity index (χ4n) is 6.04. The molecule has 2 saturated heterocycles. The molecule has 4 aromatic rings. The van der Waals surface area contributed by atoms with Crippen molar-refractivity contribution in [1.82, 2.24) is 44.6 Å². The zero-order valence-corrected chi connectivity index (χ0v) is 19.4. The van der Waals surface area contributed by atoms with Crippen LogP contribution >= 0.6 is 0 Å². The van der Waals surface area contributed by atoms with Crippen LogP contribution in [0, 0.1) is 11.3 Å². The number of piperidine rings is 1. The number of nitrogens with one attached hydrogen (secondary N) is 1. The van der Waals surface area contributed by atoms with Gasteiger partial charge in [0.15, 0.2) is 5.65 Å². The van der Waals surface area contributed by atoms with Gasteiger partial charge in [-0.3, -0.25) is 4.79 Å². The first-order valence-corrected chi connectivity index (χ1v) is 12.2. The molecule has 0 unspecified atom stereocenters. The number of nitriles is 1. The highest BCUT2D eigenvalue weighted by Gasteiger charge is 2.46. The van der Waals surface area contributed by atoms with Gasteiger partial charge in [-0.1, -0.05) is 0 Å². The minimum atomic E-state index is -0.0808. The molecule has 4 aromatic heterocycles. The molecule has 0 radical (unpaired) electrons. The summed E-state index contributed by atoms with van der Waals surface area (Å²) < 4.78 is 1.71. The van der Waals surface area contributed by atoms with Crippen molar-refractivity contribution in [3.05, 3.63) is 47.8 Å². The maximum Gasteiger partial charge on any atom is 0.292 e. The second kappa shape index (κ2) is 7.81. The monoisotopic (exact) mass is 481 g/mol. The zero-order valence-electron chi connectivity index (χ0n) is 19.4. The Labute approximate surface area is 205 Å². The van der Waals surface area contributed by atoms with Crippen LogP contribution in [0.15, 0.2) is 24.9 Å². The predicted molar refractivity (Wildman–Crippen MR) is 126 cm³/mol. The Morgan fingerprint density at radius 2 is 1.83 bits per heavy atom. The van der Waals surface area contributed by atoms with E-state index in [0.717, 1.165) is 60.9 Å². The highest BCUT2D eigenvalue weighted by atomic mass is 16.2. The zero-order chi connectivity index (χ0) is 24.4. The first-order valence-electron chi connectivity index (χ1n) is 12.2. The fraction of sp³-hybridized carbons (Fsp3) is 0.417. The van der Waals surface area contributed by atoms with Crippen LogP contribution in [-0.4, -0.2) is 62.6 Å². The van der Waals surface area contributed by atoms with E-state index in [-0.39, 0.29) is 29.7 Å². The summed E-state index contributed by atoms with van der Waals surface area (Å²) in [6.45, 7) is 0. The molecule has 1 aliphatic carbocycles. The SMILES string of the molecule is N#Cc1ncc(-c2cnn3c(N)c(C4CC4)c([C@@H]4C[C@H]5CC[C@@H](C4)N5C(=O)c4nnc[nH]4)nc23)cn1. The highest BCUT2D eigenvalue weighted by molar-refractivity contribution is 5.91. The second-order valence-electron chi connectivity index (χ2n) is 9.87. The second-order valence-corrected chi connectivity index (χ2v) is 9.87. The van der Waals surface area contributed by atoms with Crippen molar-refractivity contribution >= 4 is 17.4 Å². The van der Waals surface area contributed by atoms with Crippen LogP contribution in [0.5, 0.6) is 0 Å². The van der Waals surface area contributed by atoms with E-state index in [2.05, 4.69) is 30.2 Å². The molecule has 1 saturated carbocycles. The molecule has 0 spiro atoms. The first kappa shape index (κ1) is 20.9. The summed E-state index contributed by atoms with van der Waals surface area (Å²) in [4.78, 5) is 31.3. The molecule has 7 rings (SSSR count). The number of rotatable bonds is 4. The average molecular weight is 482 g/mol. The van der Waals surface area contributed by atoms with E-state index >= 15 is 0 Å². The van der Waals surface area contributed by atoms with Crippen molar-refractivity contribution in [1.29, 1.82) is 5.26 Å². The number of amides is 1. The van der Waals surface area contributed by atoms with Gasteiger partial charge in [0.25, 0.3) is 5.91 Å². The lowest BCUT2D eigenvalue weighted by molar-refractivity contribution is 0.0557. The van der Waals surface area contributed by atoms with Gasteiger partial charge in [0.05, 0.1) is 11.9 Å². The van der Waals surface area contributed by atoms with E-state index in [1.54, 1.807) is 23.1 Å². The van der Waals surface area contributed by atoms with Gasteiger partial charge >= 0.3 is 0 Å². The van der Waals surface area contributed by atoms with Crippen LogP contribution in [0.4, 0.5) is 5.82 Å². The lowest BCUT2D eigenvalue weighted by Crippen LogP contribution is -2.46. The van der Waals surface area contributed by atoms with Gasteiger partial charge in [0.1, 0.15) is 18.2 Å². The number of nitrogens with zero attached hydrogens (tertiary/aromatic N) is 9. The summed E-state index contributed by atoms with van der Waals surface area (Å²) >= 11 is 0. The van der Waals surface area contributed by atoms with E-state index in [0.29, 0.717) is 23.2 Å². The molecule has 3 aliphatic rings. The molecule has 0 aromatic carbocycles. The van der Waals surface area contributed by atoms with E-state index < -0.39 is 0 Å². The van der Waals surface area contributed by atoms with Crippen molar-refractivity contribution in [2.24, 2.45) is 0 Å². The molecular weight excluding hydrogens is 458 g/mol. The summed E-state index contributed by atoms with van der Waals surface area (Å²) in [5.74, 6) is 1.55. The Hall–Kier alpha value is -4.40. The van der Waals surface area contributed by atoms with Gasteiger partial charge in [0.2, 0.25) is 11.6 Å². The largest absolute Gasteiger partial charge is 0.383 e. The molecule has 3 fully saturated rings. The molecule has 36 heavy (non-hydrogen) atoms. The smallest absolute Gasteiger partial charge is 0.292 e. The van der Waals surface area contributed by atoms with Crippen LogP contribution in [0.1, 0.15) is 78.1 Å². The van der Waals surface area contributed by atoms with Crippen molar-refractivity contribution in [2.75, 3.05) is 5.73 Å². The van der Waals surface area contributed by atoms with Crippen molar-refractivity contribution in [2.45, 2.75) is 62.4 Å². The molecular formula is C24H23N11O. The highest BCUT2D eigenvalue weighted by Crippen LogP contribution is 2.50. The van der Waals surface area contributed by atoms with Crippen LogP contribution in [0.25, 0.3) is 16.8 Å². The molecule has 2 aliphatic heterocycles. The van der Waals surface area contributed by atoms with Crippen LogP contribution < -0.4 is 5.73 Å². The molecule has 2 bridgehead atoms. The predicted octanol–water partition coefficient (Wildman–Crippen LogP) is 2.19. The van der Waals surface area contributed by atoms with Gasteiger partial charge < -0.3 is 15.6 Å². The van der Waals surface area contributed by atoms with Gasteiger partial charge in [0, 0.05) is 47.1 Å². The number of aromatic nitrogens is 8. The number of aromatic amines is 1. The number of hydrogen-bond donors (Lipinski definition) is 2. The number of anilines is 1. The van der Waals surface area contributed by atoms with Crippen LogP contribution in [0.3, 0.4) is 0 Å². The number of nitrogen functional groups attached to an aromatic ring is 1.